The summed E-state index contributed by atoms with van der Waals surface area (Å²) in [7, 11) is 3.34. The number of thiocarbonyl (C=S) groups is 1. The van der Waals surface area contributed by atoms with Crippen LogP contribution in [0.5, 0.6) is 11.5 Å². The van der Waals surface area contributed by atoms with Gasteiger partial charge in [-0.25, -0.2) is 0 Å². The lowest BCUT2D eigenvalue weighted by Crippen LogP contribution is -2.33. The lowest BCUT2D eigenvalue weighted by molar-refractivity contribution is 0.407. The van der Waals surface area contributed by atoms with Gasteiger partial charge in [0.2, 0.25) is 0 Å². The van der Waals surface area contributed by atoms with Crippen molar-refractivity contribution in [3.8, 4) is 11.5 Å². The van der Waals surface area contributed by atoms with E-state index < -0.39 is 0 Å². The first-order valence-corrected chi connectivity index (χ1v) is 10.4. The molecule has 0 spiro atoms. The largest absolute Gasteiger partial charge is 0.497 e. The highest BCUT2D eigenvalue weighted by Crippen LogP contribution is 2.20. The molecule has 0 aliphatic heterocycles. The SMILES string of the molecule is CCc1ccc(CN(Cc2ccc(OC)cc2)C(=S)Nc2cccc(OC)c2)cc1. The lowest BCUT2D eigenvalue weighted by atomic mass is 10.1. The van der Waals surface area contributed by atoms with Crippen molar-refractivity contribution < 1.29 is 9.47 Å². The zero-order valence-corrected chi connectivity index (χ0v) is 18.5. The van der Waals surface area contributed by atoms with Crippen LogP contribution in [0.4, 0.5) is 5.69 Å². The number of nitrogens with zero attached hydrogens (tertiary/aromatic N) is 1. The predicted octanol–water partition coefficient (Wildman–Crippen LogP) is 5.67. The fraction of sp³-hybridized carbons (Fsp3) is 0.240. The van der Waals surface area contributed by atoms with Gasteiger partial charge in [-0.05, 0) is 59.6 Å². The molecular formula is C25H28N2O2S. The van der Waals surface area contributed by atoms with E-state index in [-0.39, 0.29) is 0 Å². The zero-order valence-electron chi connectivity index (χ0n) is 17.7. The predicted molar refractivity (Wildman–Crippen MR) is 127 cm³/mol. The summed E-state index contributed by atoms with van der Waals surface area (Å²) in [6.07, 6.45) is 1.03. The molecule has 0 atom stereocenters. The summed E-state index contributed by atoms with van der Waals surface area (Å²) in [4.78, 5) is 2.16. The third-order valence-corrected chi connectivity index (χ3v) is 5.31. The molecule has 30 heavy (non-hydrogen) atoms. The van der Waals surface area contributed by atoms with E-state index >= 15 is 0 Å². The number of ether oxygens (including phenoxy) is 2. The molecule has 4 nitrogen and oxygen atoms in total. The molecule has 3 aromatic rings. The van der Waals surface area contributed by atoms with E-state index in [0.29, 0.717) is 18.2 Å². The van der Waals surface area contributed by atoms with Crippen LogP contribution >= 0.6 is 12.2 Å². The topological polar surface area (TPSA) is 33.7 Å². The number of hydrogen-bond acceptors (Lipinski definition) is 3. The van der Waals surface area contributed by atoms with Crippen LogP contribution in [-0.4, -0.2) is 24.2 Å². The number of aryl methyl sites for hydroxylation is 1. The van der Waals surface area contributed by atoms with Crippen molar-refractivity contribution in [1.82, 2.24) is 4.90 Å². The Hall–Kier alpha value is -3.05. The molecule has 0 bridgehead atoms. The van der Waals surface area contributed by atoms with Gasteiger partial charge in [0.05, 0.1) is 14.2 Å². The van der Waals surface area contributed by atoms with Gasteiger partial charge >= 0.3 is 0 Å². The van der Waals surface area contributed by atoms with Gasteiger partial charge in [-0.3, -0.25) is 0 Å². The molecule has 156 valence electrons. The van der Waals surface area contributed by atoms with Crippen molar-refractivity contribution in [2.75, 3.05) is 19.5 Å². The molecular weight excluding hydrogens is 392 g/mol. The molecule has 0 saturated carbocycles. The summed E-state index contributed by atoms with van der Waals surface area (Å²) >= 11 is 5.78. The monoisotopic (exact) mass is 420 g/mol. The van der Waals surface area contributed by atoms with E-state index in [1.165, 1.54) is 11.1 Å². The lowest BCUT2D eigenvalue weighted by Gasteiger charge is -2.26. The third-order valence-electron chi connectivity index (χ3n) is 4.95. The molecule has 0 unspecified atom stereocenters. The molecule has 5 heteroatoms. The Bertz CT molecular complexity index is 906. The highest BCUT2D eigenvalue weighted by atomic mass is 32.1. The number of benzene rings is 3. The van der Waals surface area contributed by atoms with E-state index in [2.05, 4.69) is 53.5 Å². The second-order valence-electron chi connectivity index (χ2n) is 7.04. The minimum absolute atomic E-state index is 0.665. The number of methoxy groups -OCH3 is 2. The smallest absolute Gasteiger partial charge is 0.174 e. The van der Waals surface area contributed by atoms with Crippen LogP contribution in [-0.2, 0) is 19.5 Å². The Labute approximate surface area is 184 Å². The van der Waals surface area contributed by atoms with Crippen LogP contribution < -0.4 is 14.8 Å². The van der Waals surface area contributed by atoms with Gasteiger partial charge in [0, 0.05) is 24.8 Å². The maximum absolute atomic E-state index is 5.78. The van der Waals surface area contributed by atoms with Crippen LogP contribution in [0.25, 0.3) is 0 Å². The fourth-order valence-corrected chi connectivity index (χ4v) is 3.40. The maximum Gasteiger partial charge on any atom is 0.174 e. The molecule has 1 N–H and O–H groups in total. The third kappa shape index (κ3) is 5.97. The first-order chi connectivity index (χ1) is 14.6. The van der Waals surface area contributed by atoms with Crippen molar-refractivity contribution in [3.05, 3.63) is 89.5 Å². The molecule has 0 fully saturated rings. The summed E-state index contributed by atoms with van der Waals surface area (Å²) in [6, 6.07) is 24.6. The average molecular weight is 421 g/mol. The van der Waals surface area contributed by atoms with E-state index in [9.17, 15) is 0 Å². The zero-order chi connectivity index (χ0) is 21.3. The molecule has 0 aliphatic rings. The summed E-state index contributed by atoms with van der Waals surface area (Å²) in [6.45, 7) is 3.57. The fourth-order valence-electron chi connectivity index (χ4n) is 3.15. The number of hydrogen-bond donors (Lipinski definition) is 1. The quantitative estimate of drug-likeness (QED) is 0.475. The highest BCUT2D eigenvalue weighted by Gasteiger charge is 2.13. The van der Waals surface area contributed by atoms with Gasteiger partial charge in [-0.2, -0.15) is 0 Å². The second-order valence-corrected chi connectivity index (χ2v) is 7.42. The van der Waals surface area contributed by atoms with E-state index in [0.717, 1.165) is 29.2 Å². The van der Waals surface area contributed by atoms with Crippen LogP contribution in [0, 0.1) is 0 Å². The second kappa shape index (κ2) is 10.6. The van der Waals surface area contributed by atoms with Gasteiger partial charge < -0.3 is 19.7 Å². The van der Waals surface area contributed by atoms with Crippen molar-refractivity contribution in [3.63, 3.8) is 0 Å². The molecule has 0 aromatic heterocycles. The Morgan fingerprint density at radius 3 is 1.93 bits per heavy atom. The molecule has 0 radical (unpaired) electrons. The average Bonchev–Trinajstić information content (AvgIpc) is 2.79. The van der Waals surface area contributed by atoms with Gasteiger partial charge in [-0.15, -0.1) is 0 Å². The van der Waals surface area contributed by atoms with Gasteiger partial charge in [0.1, 0.15) is 11.5 Å². The van der Waals surface area contributed by atoms with E-state index in [1.807, 2.05) is 36.4 Å². The Morgan fingerprint density at radius 2 is 1.37 bits per heavy atom. The van der Waals surface area contributed by atoms with Crippen LogP contribution in [0.2, 0.25) is 0 Å². The summed E-state index contributed by atoms with van der Waals surface area (Å²) in [5, 5.41) is 4.02. The normalized spacial score (nSPS) is 10.4. The number of anilines is 1. The maximum atomic E-state index is 5.78. The Kier molecular flexibility index (Phi) is 7.69. The van der Waals surface area contributed by atoms with Crippen molar-refractivity contribution in [2.24, 2.45) is 0 Å². The van der Waals surface area contributed by atoms with Crippen LogP contribution in [0.15, 0.2) is 72.8 Å². The van der Waals surface area contributed by atoms with Crippen molar-refractivity contribution >= 4 is 23.0 Å². The molecule has 0 aliphatic carbocycles. The van der Waals surface area contributed by atoms with Gasteiger partial charge in [-0.1, -0.05) is 49.4 Å². The summed E-state index contributed by atoms with van der Waals surface area (Å²) < 4.78 is 10.6. The first kappa shape index (κ1) is 21.7. The molecule has 0 heterocycles. The van der Waals surface area contributed by atoms with Crippen LogP contribution in [0.1, 0.15) is 23.6 Å². The first-order valence-electron chi connectivity index (χ1n) is 10.0. The molecule has 3 rings (SSSR count). The van der Waals surface area contributed by atoms with E-state index in [1.54, 1.807) is 14.2 Å². The van der Waals surface area contributed by atoms with Gasteiger partial charge in [0.15, 0.2) is 5.11 Å². The number of rotatable bonds is 8. The summed E-state index contributed by atoms with van der Waals surface area (Å²) in [5.41, 5.74) is 4.62. The summed E-state index contributed by atoms with van der Waals surface area (Å²) in [5.74, 6) is 1.64. The minimum atomic E-state index is 0.665. The standard InChI is InChI=1S/C25H28N2O2S/c1-4-19-8-10-20(11-9-19)17-27(18-21-12-14-23(28-2)15-13-21)25(30)26-22-6-5-7-24(16-22)29-3/h5-16H,4,17-18H2,1-3H3,(H,26,30). The minimum Gasteiger partial charge on any atom is -0.497 e. The molecule has 3 aromatic carbocycles. The Morgan fingerprint density at radius 1 is 0.800 bits per heavy atom. The number of nitrogens with one attached hydrogen (secondary N) is 1. The van der Waals surface area contributed by atoms with Crippen molar-refractivity contribution in [1.29, 1.82) is 0 Å². The molecule has 0 amide bonds. The molecule has 0 saturated heterocycles. The van der Waals surface area contributed by atoms with Crippen molar-refractivity contribution in [2.45, 2.75) is 26.4 Å². The van der Waals surface area contributed by atoms with Crippen LogP contribution in [0.3, 0.4) is 0 Å². The Balaban J connectivity index is 1.79. The van der Waals surface area contributed by atoms with E-state index in [4.69, 9.17) is 21.7 Å². The van der Waals surface area contributed by atoms with Gasteiger partial charge in [0.25, 0.3) is 0 Å². The highest BCUT2D eigenvalue weighted by molar-refractivity contribution is 7.80.